The van der Waals surface area contributed by atoms with Gasteiger partial charge in [-0.2, -0.15) is 0 Å². The molecule has 1 amide bonds. The van der Waals surface area contributed by atoms with Crippen molar-refractivity contribution in [2.75, 3.05) is 52.1 Å². The summed E-state index contributed by atoms with van der Waals surface area (Å²) in [6.45, 7) is 7.28. The first-order valence-electron chi connectivity index (χ1n) is 9.18. The van der Waals surface area contributed by atoms with Gasteiger partial charge in [0, 0.05) is 32.6 Å². The standard InChI is InChI=1S/C16H32N3O6P/c1-3-24-26(23,25-4-2)13-14(17)16(22)19-11-9-18(10-12-19)8-6-5-7-15(20)21/h14H,3-13,17H2,1-2H3,(H,20,21)/t14-/m0/s1. The molecule has 1 atom stereocenters. The highest BCUT2D eigenvalue weighted by molar-refractivity contribution is 7.53. The number of nitrogens with two attached hydrogens (primary N) is 1. The van der Waals surface area contributed by atoms with E-state index in [0.29, 0.717) is 19.5 Å². The van der Waals surface area contributed by atoms with Crippen molar-refractivity contribution < 1.29 is 28.3 Å². The van der Waals surface area contributed by atoms with Crippen LogP contribution in [0.1, 0.15) is 33.1 Å². The van der Waals surface area contributed by atoms with Gasteiger partial charge in [-0.25, -0.2) is 0 Å². The zero-order valence-electron chi connectivity index (χ0n) is 15.8. The summed E-state index contributed by atoms with van der Waals surface area (Å²) in [5.41, 5.74) is 5.96. The van der Waals surface area contributed by atoms with E-state index in [1.807, 2.05) is 0 Å². The number of unbranched alkanes of at least 4 members (excludes halogenated alkanes) is 1. The minimum Gasteiger partial charge on any atom is -0.481 e. The largest absolute Gasteiger partial charge is 0.481 e. The average Bonchev–Trinajstić information content (AvgIpc) is 2.58. The highest BCUT2D eigenvalue weighted by atomic mass is 31.2. The summed E-state index contributed by atoms with van der Waals surface area (Å²) in [6.07, 6.45) is 1.55. The number of carbonyl (C=O) groups is 2. The molecule has 0 aromatic heterocycles. The lowest BCUT2D eigenvalue weighted by atomic mass is 10.2. The van der Waals surface area contributed by atoms with Gasteiger partial charge in [0.1, 0.15) is 0 Å². The Morgan fingerprint density at radius 2 is 1.69 bits per heavy atom. The van der Waals surface area contributed by atoms with Crippen LogP contribution in [0.15, 0.2) is 0 Å². The Labute approximate surface area is 155 Å². The number of aliphatic carboxylic acids is 1. The molecule has 1 fully saturated rings. The first-order valence-corrected chi connectivity index (χ1v) is 10.9. The van der Waals surface area contributed by atoms with Crippen LogP contribution in [0.2, 0.25) is 0 Å². The SMILES string of the molecule is CCOP(=O)(C[C@H](N)C(=O)N1CCN(CCCCC(=O)O)CC1)OCC. The van der Waals surface area contributed by atoms with Crippen molar-refractivity contribution >= 4 is 19.5 Å². The Kier molecular flexibility index (Phi) is 10.3. The molecule has 1 saturated heterocycles. The van der Waals surface area contributed by atoms with Gasteiger partial charge in [-0.1, -0.05) is 0 Å². The molecule has 10 heteroatoms. The Hall–Kier alpha value is -0.990. The molecule has 0 aromatic rings. The summed E-state index contributed by atoms with van der Waals surface area (Å²) >= 11 is 0. The van der Waals surface area contributed by atoms with Crippen molar-refractivity contribution in [3.8, 4) is 0 Å². The number of carbonyl (C=O) groups excluding carboxylic acids is 1. The normalized spacial score (nSPS) is 17.3. The third-order valence-corrected chi connectivity index (χ3v) is 6.33. The number of carboxylic acid groups (broad SMARTS) is 1. The summed E-state index contributed by atoms with van der Waals surface area (Å²) < 4.78 is 22.9. The van der Waals surface area contributed by atoms with Gasteiger partial charge >= 0.3 is 13.6 Å². The number of carboxylic acids is 1. The topological polar surface area (TPSA) is 122 Å². The van der Waals surface area contributed by atoms with Crippen LogP contribution in [-0.2, 0) is 23.2 Å². The Balaban J connectivity index is 2.40. The van der Waals surface area contributed by atoms with E-state index in [0.717, 1.165) is 26.1 Å². The van der Waals surface area contributed by atoms with Crippen molar-refractivity contribution in [1.82, 2.24) is 9.80 Å². The Morgan fingerprint density at radius 3 is 2.19 bits per heavy atom. The molecule has 0 aromatic carbocycles. The summed E-state index contributed by atoms with van der Waals surface area (Å²) in [7, 11) is -3.35. The first kappa shape index (κ1) is 23.0. The van der Waals surface area contributed by atoms with E-state index in [2.05, 4.69) is 4.90 Å². The number of hydrogen-bond donors (Lipinski definition) is 2. The third-order valence-electron chi connectivity index (χ3n) is 4.19. The lowest BCUT2D eigenvalue weighted by Gasteiger charge is -2.36. The van der Waals surface area contributed by atoms with Gasteiger partial charge in [0.05, 0.1) is 25.4 Å². The number of nitrogens with zero attached hydrogens (tertiary/aromatic N) is 2. The second-order valence-corrected chi connectivity index (χ2v) is 8.36. The van der Waals surface area contributed by atoms with Crippen molar-refractivity contribution in [3.63, 3.8) is 0 Å². The molecule has 0 aliphatic carbocycles. The van der Waals surface area contributed by atoms with Crippen molar-refractivity contribution in [3.05, 3.63) is 0 Å². The molecule has 0 radical (unpaired) electrons. The van der Waals surface area contributed by atoms with Gasteiger partial charge in [0.2, 0.25) is 5.91 Å². The minimum absolute atomic E-state index is 0.122. The molecule has 9 nitrogen and oxygen atoms in total. The number of rotatable bonds is 12. The zero-order valence-corrected chi connectivity index (χ0v) is 16.7. The molecule has 1 aliphatic heterocycles. The van der Waals surface area contributed by atoms with E-state index < -0.39 is 19.6 Å². The van der Waals surface area contributed by atoms with Crippen molar-refractivity contribution in [1.29, 1.82) is 0 Å². The quantitative estimate of drug-likeness (QED) is 0.372. The predicted molar refractivity (Wildman–Crippen MR) is 98.2 cm³/mol. The molecule has 0 spiro atoms. The van der Waals surface area contributed by atoms with E-state index in [9.17, 15) is 14.2 Å². The second-order valence-electron chi connectivity index (χ2n) is 6.25. The van der Waals surface area contributed by atoms with E-state index in [4.69, 9.17) is 19.9 Å². The Bertz CT molecular complexity index is 486. The Morgan fingerprint density at radius 1 is 1.12 bits per heavy atom. The molecule has 0 bridgehead atoms. The van der Waals surface area contributed by atoms with E-state index in [1.165, 1.54) is 0 Å². The fraction of sp³-hybridized carbons (Fsp3) is 0.875. The molecule has 1 aliphatic rings. The maximum absolute atomic E-state index is 12.5. The highest BCUT2D eigenvalue weighted by Gasteiger charge is 2.33. The van der Waals surface area contributed by atoms with Crippen LogP contribution in [-0.4, -0.2) is 84.9 Å². The molecule has 1 heterocycles. The van der Waals surface area contributed by atoms with Crippen LogP contribution in [0.4, 0.5) is 0 Å². The third kappa shape index (κ3) is 8.14. The van der Waals surface area contributed by atoms with E-state index >= 15 is 0 Å². The number of amides is 1. The smallest absolute Gasteiger partial charge is 0.332 e. The summed E-state index contributed by atoms with van der Waals surface area (Å²) in [5, 5.41) is 8.64. The molecule has 0 unspecified atom stereocenters. The van der Waals surface area contributed by atoms with Gasteiger partial charge in [-0.3, -0.25) is 19.1 Å². The molecule has 3 N–H and O–H groups in total. The van der Waals surface area contributed by atoms with Gasteiger partial charge in [0.15, 0.2) is 0 Å². The van der Waals surface area contributed by atoms with Crippen molar-refractivity contribution in [2.24, 2.45) is 5.73 Å². The van der Waals surface area contributed by atoms with Crippen molar-refractivity contribution in [2.45, 2.75) is 39.2 Å². The fourth-order valence-electron chi connectivity index (χ4n) is 2.89. The van der Waals surface area contributed by atoms with Crippen LogP contribution >= 0.6 is 7.60 Å². The van der Waals surface area contributed by atoms with Gasteiger partial charge < -0.3 is 24.8 Å². The lowest BCUT2D eigenvalue weighted by Crippen LogP contribution is -2.54. The first-order chi connectivity index (χ1) is 12.3. The van der Waals surface area contributed by atoms with E-state index in [-0.39, 0.29) is 31.7 Å². The monoisotopic (exact) mass is 393 g/mol. The summed E-state index contributed by atoms with van der Waals surface area (Å²) in [5.74, 6) is -1.01. The molecule has 0 saturated carbocycles. The van der Waals surface area contributed by atoms with Crippen LogP contribution < -0.4 is 5.73 Å². The zero-order chi connectivity index (χ0) is 19.6. The summed E-state index contributed by atoms with van der Waals surface area (Å²) in [4.78, 5) is 26.9. The molecule has 152 valence electrons. The molecule has 26 heavy (non-hydrogen) atoms. The minimum atomic E-state index is -3.35. The average molecular weight is 393 g/mol. The molecular weight excluding hydrogens is 361 g/mol. The molecule has 1 rings (SSSR count). The lowest BCUT2D eigenvalue weighted by molar-refractivity contribution is -0.137. The van der Waals surface area contributed by atoms with Crippen LogP contribution in [0, 0.1) is 0 Å². The van der Waals surface area contributed by atoms with Crippen LogP contribution in [0.3, 0.4) is 0 Å². The molecular formula is C16H32N3O6P. The fourth-order valence-corrected chi connectivity index (χ4v) is 4.60. The second kappa shape index (κ2) is 11.7. The van der Waals surface area contributed by atoms with Gasteiger partial charge in [-0.15, -0.1) is 0 Å². The maximum atomic E-state index is 12.5. The van der Waals surface area contributed by atoms with Gasteiger partial charge in [0.25, 0.3) is 0 Å². The maximum Gasteiger partial charge on any atom is 0.332 e. The number of piperazine rings is 1. The van der Waals surface area contributed by atoms with Crippen LogP contribution in [0.5, 0.6) is 0 Å². The summed E-state index contributed by atoms with van der Waals surface area (Å²) in [6, 6.07) is -0.916. The number of hydrogen-bond acceptors (Lipinski definition) is 7. The predicted octanol–water partition coefficient (Wildman–Crippen LogP) is 0.979. The van der Waals surface area contributed by atoms with Crippen LogP contribution in [0.25, 0.3) is 0 Å². The van der Waals surface area contributed by atoms with E-state index in [1.54, 1.807) is 18.7 Å². The van der Waals surface area contributed by atoms with Gasteiger partial charge in [-0.05, 0) is 33.2 Å². The highest BCUT2D eigenvalue weighted by Crippen LogP contribution is 2.48.